The summed E-state index contributed by atoms with van der Waals surface area (Å²) < 4.78 is 29.2. The number of carbonyl (C=O) groups is 1. The van der Waals surface area contributed by atoms with Crippen LogP contribution in [0.25, 0.3) is 22.2 Å². The van der Waals surface area contributed by atoms with E-state index in [4.69, 9.17) is 9.66 Å². The lowest BCUT2D eigenvalue weighted by molar-refractivity contribution is 0.104. The van der Waals surface area contributed by atoms with Gasteiger partial charge < -0.3 is 9.84 Å². The first-order valence-electron chi connectivity index (χ1n) is 8.50. The molecule has 1 aliphatic rings. The van der Waals surface area contributed by atoms with Crippen LogP contribution < -0.4 is 10.5 Å². The summed E-state index contributed by atoms with van der Waals surface area (Å²) in [7, 11) is -3.78. The second kappa shape index (κ2) is 6.24. The van der Waals surface area contributed by atoms with Gasteiger partial charge in [-0.3, -0.25) is 4.79 Å². The number of aromatic nitrogens is 1. The zero-order valence-corrected chi connectivity index (χ0v) is 17.0. The van der Waals surface area contributed by atoms with Gasteiger partial charge in [-0.25, -0.2) is 13.6 Å². The molecule has 0 fully saturated rings. The molecule has 0 aliphatic heterocycles. The Kier molecular flexibility index (Phi) is 3.89. The van der Waals surface area contributed by atoms with Gasteiger partial charge in [-0.15, -0.1) is 0 Å². The predicted molar refractivity (Wildman–Crippen MR) is 112 cm³/mol. The molecule has 7 nitrogen and oxygen atoms in total. The van der Waals surface area contributed by atoms with Crippen molar-refractivity contribution in [3.8, 4) is 11.3 Å². The number of nitrogens with two attached hydrogens (primary N) is 1. The molecule has 29 heavy (non-hydrogen) atoms. The second-order valence-electron chi connectivity index (χ2n) is 6.59. The van der Waals surface area contributed by atoms with Crippen LogP contribution in [0.2, 0.25) is 0 Å². The third kappa shape index (κ3) is 2.78. The standard InChI is InChI=1S/C20H12BrN3O4S/c21-14-9-15(23-10-5-7-11(8-6-10)29(22,26)27)16-17-18(14)24-28-20(17)13-4-2-1-3-12(13)19(16)25/h1-9,23H,(H2,22,26,27). The van der Waals surface area contributed by atoms with Crippen molar-refractivity contribution in [1.82, 2.24) is 5.16 Å². The molecule has 5 rings (SSSR count). The number of hydrogen-bond donors (Lipinski definition) is 2. The van der Waals surface area contributed by atoms with Crippen molar-refractivity contribution < 1.29 is 17.7 Å². The van der Waals surface area contributed by atoms with E-state index in [1.165, 1.54) is 12.1 Å². The summed E-state index contributed by atoms with van der Waals surface area (Å²) in [5.41, 5.74) is 3.41. The SMILES string of the molecule is NS(=O)(=O)c1ccc(Nc2cc(Br)c3noc4c3c2C(=O)c2ccccc2-4)cc1. The predicted octanol–water partition coefficient (Wildman–Crippen LogP) is 4.19. The molecule has 3 N–H and O–H groups in total. The van der Waals surface area contributed by atoms with E-state index in [1.807, 2.05) is 12.1 Å². The van der Waals surface area contributed by atoms with Crippen LogP contribution >= 0.6 is 15.9 Å². The van der Waals surface area contributed by atoms with Gasteiger partial charge in [0.15, 0.2) is 11.5 Å². The minimum Gasteiger partial charge on any atom is -0.355 e. The molecule has 4 aromatic rings. The van der Waals surface area contributed by atoms with E-state index in [9.17, 15) is 13.2 Å². The smallest absolute Gasteiger partial charge is 0.238 e. The zero-order chi connectivity index (χ0) is 20.3. The van der Waals surface area contributed by atoms with Gasteiger partial charge in [0.05, 0.1) is 21.5 Å². The molecule has 1 aliphatic carbocycles. The number of halogens is 1. The highest BCUT2D eigenvalue weighted by molar-refractivity contribution is 9.10. The Morgan fingerprint density at radius 1 is 1.03 bits per heavy atom. The molecule has 144 valence electrons. The molecular formula is C20H12BrN3O4S. The van der Waals surface area contributed by atoms with Gasteiger partial charge in [-0.05, 0) is 46.3 Å². The van der Waals surface area contributed by atoms with Crippen LogP contribution in [0.4, 0.5) is 11.4 Å². The van der Waals surface area contributed by atoms with Crippen LogP contribution in [0.5, 0.6) is 0 Å². The maximum absolute atomic E-state index is 13.3. The topological polar surface area (TPSA) is 115 Å². The molecule has 1 aromatic heterocycles. The summed E-state index contributed by atoms with van der Waals surface area (Å²) in [6.45, 7) is 0. The van der Waals surface area contributed by atoms with Crippen LogP contribution in [0, 0.1) is 0 Å². The average Bonchev–Trinajstić information content (AvgIpc) is 3.13. The van der Waals surface area contributed by atoms with E-state index < -0.39 is 10.0 Å². The summed E-state index contributed by atoms with van der Waals surface area (Å²) in [4.78, 5) is 13.3. The van der Waals surface area contributed by atoms with E-state index in [2.05, 4.69) is 26.4 Å². The van der Waals surface area contributed by atoms with Crippen LogP contribution in [0.3, 0.4) is 0 Å². The maximum Gasteiger partial charge on any atom is 0.238 e. The molecule has 0 atom stereocenters. The minimum absolute atomic E-state index is 0.00680. The van der Waals surface area contributed by atoms with Gasteiger partial charge in [0.1, 0.15) is 5.52 Å². The van der Waals surface area contributed by atoms with Crippen LogP contribution in [0.1, 0.15) is 15.9 Å². The second-order valence-corrected chi connectivity index (χ2v) is 9.00. The maximum atomic E-state index is 13.3. The summed E-state index contributed by atoms with van der Waals surface area (Å²) in [5, 5.41) is 13.1. The molecule has 0 amide bonds. The number of fused-ring (bicyclic) bond motifs is 2. The van der Waals surface area contributed by atoms with Crippen molar-refractivity contribution in [2.45, 2.75) is 4.90 Å². The minimum atomic E-state index is -3.78. The number of primary sulfonamides is 1. The van der Waals surface area contributed by atoms with Crippen LogP contribution in [-0.4, -0.2) is 19.4 Å². The van der Waals surface area contributed by atoms with Crippen LogP contribution in [-0.2, 0) is 10.0 Å². The van der Waals surface area contributed by atoms with Crippen LogP contribution in [0.15, 0.2) is 68.5 Å². The number of ketones is 1. The first-order valence-corrected chi connectivity index (χ1v) is 10.8. The molecular weight excluding hydrogens is 458 g/mol. The van der Waals surface area contributed by atoms with Crippen molar-refractivity contribution in [3.05, 3.63) is 70.2 Å². The van der Waals surface area contributed by atoms with E-state index in [1.54, 1.807) is 30.3 Å². The molecule has 0 bridgehead atoms. The zero-order valence-electron chi connectivity index (χ0n) is 14.6. The fourth-order valence-corrected chi connectivity index (χ4v) is 4.52. The molecule has 3 aromatic carbocycles. The largest absolute Gasteiger partial charge is 0.355 e. The lowest BCUT2D eigenvalue weighted by Gasteiger charge is -2.18. The highest BCUT2D eigenvalue weighted by atomic mass is 79.9. The van der Waals surface area contributed by atoms with Crippen molar-refractivity contribution in [3.63, 3.8) is 0 Å². The third-order valence-corrected chi connectivity index (χ3v) is 6.35. The van der Waals surface area contributed by atoms with E-state index >= 15 is 0 Å². The third-order valence-electron chi connectivity index (χ3n) is 4.81. The van der Waals surface area contributed by atoms with Crippen molar-refractivity contribution >= 4 is 54.0 Å². The number of rotatable bonds is 3. The van der Waals surface area contributed by atoms with Gasteiger partial charge in [0, 0.05) is 21.3 Å². The number of hydrogen-bond acceptors (Lipinski definition) is 6. The molecule has 9 heteroatoms. The van der Waals surface area contributed by atoms with Gasteiger partial charge >= 0.3 is 0 Å². The molecule has 1 heterocycles. The van der Waals surface area contributed by atoms with Crippen molar-refractivity contribution in [1.29, 1.82) is 0 Å². The first kappa shape index (κ1) is 18.0. The Hall–Kier alpha value is -3.01. The Balaban J connectivity index is 1.69. The molecule has 0 radical (unpaired) electrons. The number of anilines is 2. The molecule has 0 saturated carbocycles. The lowest BCUT2D eigenvalue weighted by Crippen LogP contribution is -2.12. The molecule has 0 saturated heterocycles. The molecule has 0 unspecified atom stereocenters. The number of nitrogens with zero attached hydrogens (tertiary/aromatic N) is 1. The van der Waals surface area contributed by atoms with Gasteiger partial charge in [-0.1, -0.05) is 29.4 Å². The van der Waals surface area contributed by atoms with E-state index in [0.29, 0.717) is 49.2 Å². The van der Waals surface area contributed by atoms with Gasteiger partial charge in [-0.2, -0.15) is 0 Å². The fourth-order valence-electron chi connectivity index (χ4n) is 3.50. The quantitative estimate of drug-likeness (QED) is 0.409. The molecule has 0 spiro atoms. The number of nitrogens with one attached hydrogen (secondary N) is 1. The summed E-state index contributed by atoms with van der Waals surface area (Å²) in [5.74, 6) is 0.400. The first-order chi connectivity index (χ1) is 13.8. The summed E-state index contributed by atoms with van der Waals surface area (Å²) >= 11 is 3.49. The van der Waals surface area contributed by atoms with Crippen molar-refractivity contribution in [2.75, 3.05) is 5.32 Å². The Bertz CT molecular complexity index is 1430. The van der Waals surface area contributed by atoms with E-state index in [-0.39, 0.29) is 10.7 Å². The van der Waals surface area contributed by atoms with Crippen molar-refractivity contribution in [2.24, 2.45) is 5.14 Å². The fraction of sp³-hybridized carbons (Fsp3) is 0. The Labute approximate surface area is 173 Å². The van der Waals surface area contributed by atoms with E-state index in [0.717, 1.165) is 0 Å². The normalized spacial score (nSPS) is 12.8. The number of sulfonamides is 1. The monoisotopic (exact) mass is 469 g/mol. The van der Waals surface area contributed by atoms with Gasteiger partial charge in [0.2, 0.25) is 10.0 Å². The lowest BCUT2D eigenvalue weighted by atomic mass is 9.87. The Morgan fingerprint density at radius 3 is 2.41 bits per heavy atom. The highest BCUT2D eigenvalue weighted by Gasteiger charge is 2.32. The number of benzene rings is 3. The Morgan fingerprint density at radius 2 is 1.72 bits per heavy atom. The van der Waals surface area contributed by atoms with Gasteiger partial charge in [0.25, 0.3) is 0 Å². The highest BCUT2D eigenvalue weighted by Crippen LogP contribution is 2.45. The summed E-state index contributed by atoms with van der Waals surface area (Å²) in [6, 6.07) is 14.9. The summed E-state index contributed by atoms with van der Waals surface area (Å²) in [6.07, 6.45) is 0. The number of carbonyl (C=O) groups excluding carboxylic acids is 1. The average molecular weight is 470 g/mol.